The van der Waals surface area contributed by atoms with Gasteiger partial charge in [-0.2, -0.15) is 5.10 Å². The van der Waals surface area contributed by atoms with Crippen LogP contribution in [0.15, 0.2) is 18.2 Å². The number of aromatic carboxylic acids is 1. The Morgan fingerprint density at radius 1 is 1.35 bits per heavy atom. The molecule has 1 aliphatic carbocycles. The molecule has 1 heterocycles. The number of carboxylic acid groups (broad SMARTS) is 1. The fourth-order valence-corrected chi connectivity index (χ4v) is 2.87. The van der Waals surface area contributed by atoms with Gasteiger partial charge in [0.05, 0.1) is 10.7 Å². The number of nitrogens with zero attached hydrogens (tertiary/aromatic N) is 2. The fourth-order valence-electron chi connectivity index (χ4n) is 2.62. The summed E-state index contributed by atoms with van der Waals surface area (Å²) in [6, 6.07) is 4.01. The highest BCUT2D eigenvalue weighted by Crippen LogP contribution is 2.29. The molecule has 0 unspecified atom stereocenters. The van der Waals surface area contributed by atoms with Crippen molar-refractivity contribution in [3.8, 4) is 5.69 Å². The van der Waals surface area contributed by atoms with Crippen LogP contribution in [0, 0.1) is 5.82 Å². The van der Waals surface area contributed by atoms with Crippen LogP contribution in [0.2, 0.25) is 5.02 Å². The molecule has 0 aliphatic heterocycles. The van der Waals surface area contributed by atoms with Crippen molar-refractivity contribution in [1.82, 2.24) is 9.78 Å². The van der Waals surface area contributed by atoms with Crippen molar-refractivity contribution in [2.45, 2.75) is 25.7 Å². The van der Waals surface area contributed by atoms with Gasteiger partial charge in [0.15, 0.2) is 5.69 Å². The predicted molar refractivity (Wildman–Crippen MR) is 72.1 cm³/mol. The van der Waals surface area contributed by atoms with Gasteiger partial charge in [0, 0.05) is 11.3 Å². The number of hydrogen-bond acceptors (Lipinski definition) is 2. The molecule has 0 saturated heterocycles. The van der Waals surface area contributed by atoms with Crippen molar-refractivity contribution >= 4 is 17.6 Å². The van der Waals surface area contributed by atoms with Crippen LogP contribution in [-0.2, 0) is 12.8 Å². The minimum Gasteiger partial charge on any atom is -0.476 e. The van der Waals surface area contributed by atoms with Crippen molar-refractivity contribution in [2.75, 3.05) is 0 Å². The topological polar surface area (TPSA) is 55.1 Å². The monoisotopic (exact) mass is 294 g/mol. The Labute approximate surface area is 119 Å². The largest absolute Gasteiger partial charge is 0.476 e. The summed E-state index contributed by atoms with van der Waals surface area (Å²) in [5.41, 5.74) is 2.21. The van der Waals surface area contributed by atoms with Crippen LogP contribution in [0.3, 0.4) is 0 Å². The summed E-state index contributed by atoms with van der Waals surface area (Å²) in [5.74, 6) is -1.47. The van der Waals surface area contributed by atoms with Gasteiger partial charge in [-0.25, -0.2) is 13.9 Å². The Kier molecular flexibility index (Phi) is 3.22. The summed E-state index contributed by atoms with van der Waals surface area (Å²) in [6.45, 7) is 0. The Balaban J connectivity index is 2.21. The average molecular weight is 295 g/mol. The summed E-state index contributed by atoms with van der Waals surface area (Å²) in [4.78, 5) is 11.3. The molecule has 0 bridgehead atoms. The van der Waals surface area contributed by atoms with Gasteiger partial charge in [-0.3, -0.25) is 0 Å². The number of carbonyl (C=O) groups is 1. The lowest BCUT2D eigenvalue weighted by Crippen LogP contribution is -2.08. The Bertz CT molecular complexity index is 697. The van der Waals surface area contributed by atoms with E-state index in [0.717, 1.165) is 30.5 Å². The molecule has 3 rings (SSSR count). The maximum Gasteiger partial charge on any atom is 0.356 e. The number of hydrogen-bond donors (Lipinski definition) is 1. The highest BCUT2D eigenvalue weighted by atomic mass is 35.5. The zero-order valence-corrected chi connectivity index (χ0v) is 11.3. The van der Waals surface area contributed by atoms with E-state index in [4.69, 9.17) is 11.6 Å². The molecule has 1 aromatic carbocycles. The standard InChI is InChI=1S/C14H12ClFN2O2/c15-10-7-8(16)5-6-12(10)18-11-4-2-1-3-9(11)13(17-18)14(19)20/h5-7H,1-4H2,(H,19,20). The van der Waals surface area contributed by atoms with Gasteiger partial charge in [-0.05, 0) is 43.9 Å². The molecule has 1 N–H and O–H groups in total. The molecule has 6 heteroatoms. The molecule has 104 valence electrons. The van der Waals surface area contributed by atoms with Crippen molar-refractivity contribution in [2.24, 2.45) is 0 Å². The van der Waals surface area contributed by atoms with E-state index in [-0.39, 0.29) is 10.7 Å². The number of carboxylic acids is 1. The number of benzene rings is 1. The van der Waals surface area contributed by atoms with Crippen LogP contribution < -0.4 is 0 Å². The third-order valence-corrected chi connectivity index (χ3v) is 3.82. The van der Waals surface area contributed by atoms with Gasteiger partial charge in [-0.15, -0.1) is 0 Å². The van der Waals surface area contributed by atoms with Crippen molar-refractivity contribution < 1.29 is 14.3 Å². The van der Waals surface area contributed by atoms with E-state index in [1.165, 1.54) is 18.2 Å². The normalized spacial score (nSPS) is 14.1. The van der Waals surface area contributed by atoms with Crippen LogP contribution in [-0.4, -0.2) is 20.9 Å². The molecule has 0 saturated carbocycles. The molecule has 0 fully saturated rings. The van der Waals surface area contributed by atoms with Gasteiger partial charge >= 0.3 is 5.97 Å². The van der Waals surface area contributed by atoms with E-state index < -0.39 is 11.8 Å². The second-order valence-corrected chi connectivity index (χ2v) is 5.20. The van der Waals surface area contributed by atoms with Crippen molar-refractivity contribution in [3.63, 3.8) is 0 Å². The summed E-state index contributed by atoms with van der Waals surface area (Å²) < 4.78 is 14.7. The first-order chi connectivity index (χ1) is 9.58. The zero-order valence-electron chi connectivity index (χ0n) is 10.6. The van der Waals surface area contributed by atoms with Crippen LogP contribution in [0.5, 0.6) is 0 Å². The smallest absolute Gasteiger partial charge is 0.356 e. The van der Waals surface area contributed by atoms with Gasteiger partial charge in [0.25, 0.3) is 0 Å². The summed E-state index contributed by atoms with van der Waals surface area (Å²) in [5, 5.41) is 13.6. The van der Waals surface area contributed by atoms with E-state index in [1.54, 1.807) is 4.68 Å². The lowest BCUT2D eigenvalue weighted by molar-refractivity contribution is 0.0688. The molecule has 0 spiro atoms. The minimum absolute atomic E-state index is 0.0695. The summed E-state index contributed by atoms with van der Waals surface area (Å²) >= 11 is 6.05. The van der Waals surface area contributed by atoms with Crippen LogP contribution in [0.25, 0.3) is 5.69 Å². The second-order valence-electron chi connectivity index (χ2n) is 4.79. The van der Waals surface area contributed by atoms with Crippen molar-refractivity contribution in [3.05, 3.63) is 46.0 Å². The lowest BCUT2D eigenvalue weighted by atomic mass is 9.95. The molecule has 0 amide bonds. The van der Waals surface area contributed by atoms with Gasteiger partial charge in [0.2, 0.25) is 0 Å². The SMILES string of the molecule is O=C(O)c1nn(-c2ccc(F)cc2Cl)c2c1CCCC2. The summed E-state index contributed by atoms with van der Waals surface area (Å²) in [6.07, 6.45) is 3.39. The van der Waals surface area contributed by atoms with E-state index in [0.29, 0.717) is 12.1 Å². The van der Waals surface area contributed by atoms with Crippen LogP contribution >= 0.6 is 11.6 Å². The predicted octanol–water partition coefficient (Wildman–Crippen LogP) is 3.24. The van der Waals surface area contributed by atoms with E-state index >= 15 is 0 Å². The molecule has 20 heavy (non-hydrogen) atoms. The lowest BCUT2D eigenvalue weighted by Gasteiger charge is -2.14. The molecule has 2 aromatic rings. The average Bonchev–Trinajstić information content (AvgIpc) is 2.78. The highest BCUT2D eigenvalue weighted by molar-refractivity contribution is 6.32. The first-order valence-electron chi connectivity index (χ1n) is 6.37. The molecule has 1 aromatic heterocycles. The molecule has 0 radical (unpaired) electrons. The Morgan fingerprint density at radius 3 is 2.80 bits per heavy atom. The van der Waals surface area contributed by atoms with E-state index in [2.05, 4.69) is 5.10 Å². The number of fused-ring (bicyclic) bond motifs is 1. The van der Waals surface area contributed by atoms with Crippen molar-refractivity contribution in [1.29, 1.82) is 0 Å². The molecule has 0 atom stereocenters. The minimum atomic E-state index is -1.04. The van der Waals surface area contributed by atoms with E-state index in [9.17, 15) is 14.3 Å². The zero-order chi connectivity index (χ0) is 14.3. The maximum absolute atomic E-state index is 13.1. The van der Waals surface area contributed by atoms with Crippen LogP contribution in [0.4, 0.5) is 4.39 Å². The maximum atomic E-state index is 13.1. The van der Waals surface area contributed by atoms with Gasteiger partial charge < -0.3 is 5.11 Å². The molecular formula is C14H12ClFN2O2. The fraction of sp³-hybridized carbons (Fsp3) is 0.286. The summed E-state index contributed by atoms with van der Waals surface area (Å²) in [7, 11) is 0. The third kappa shape index (κ3) is 2.08. The number of halogens is 2. The van der Waals surface area contributed by atoms with Gasteiger partial charge in [-0.1, -0.05) is 11.6 Å². The quantitative estimate of drug-likeness (QED) is 0.925. The highest BCUT2D eigenvalue weighted by Gasteiger charge is 2.25. The Morgan fingerprint density at radius 2 is 2.10 bits per heavy atom. The van der Waals surface area contributed by atoms with E-state index in [1.807, 2.05) is 0 Å². The number of rotatable bonds is 2. The molecule has 1 aliphatic rings. The Hall–Kier alpha value is -1.88. The first kappa shape index (κ1) is 13.1. The number of aromatic nitrogens is 2. The molecular weight excluding hydrogens is 283 g/mol. The first-order valence-corrected chi connectivity index (χ1v) is 6.75. The van der Waals surface area contributed by atoms with Crippen LogP contribution in [0.1, 0.15) is 34.6 Å². The third-order valence-electron chi connectivity index (χ3n) is 3.52. The second kappa shape index (κ2) is 4.90. The van der Waals surface area contributed by atoms with Gasteiger partial charge in [0.1, 0.15) is 5.82 Å². The molecule has 4 nitrogen and oxygen atoms in total.